The van der Waals surface area contributed by atoms with Gasteiger partial charge >= 0.3 is 12.2 Å². The molecule has 0 radical (unpaired) electrons. The van der Waals surface area contributed by atoms with E-state index in [1.54, 1.807) is 6.07 Å². The molecule has 0 saturated heterocycles. The van der Waals surface area contributed by atoms with E-state index in [2.05, 4.69) is 30.0 Å². The molecule has 8 nitrogen and oxygen atoms in total. The van der Waals surface area contributed by atoms with Crippen LogP contribution in [0.1, 0.15) is 11.4 Å². The summed E-state index contributed by atoms with van der Waals surface area (Å²) in [4.78, 5) is 19.4. The Balaban J connectivity index is 1.78. The van der Waals surface area contributed by atoms with E-state index in [9.17, 15) is 18.0 Å². The van der Waals surface area contributed by atoms with Crippen molar-refractivity contribution < 1.29 is 17.9 Å². The second-order valence-corrected chi connectivity index (χ2v) is 5.41. The number of aromatic nitrogens is 6. The Morgan fingerprint density at radius 3 is 2.58 bits per heavy atom. The van der Waals surface area contributed by atoms with Gasteiger partial charge in [-0.25, -0.2) is 14.6 Å². The summed E-state index contributed by atoms with van der Waals surface area (Å²) in [7, 11) is 0. The lowest BCUT2D eigenvalue weighted by molar-refractivity contribution is -0.154. The first-order valence-electron chi connectivity index (χ1n) is 7.41. The first-order valence-corrected chi connectivity index (χ1v) is 7.41. The third-order valence-corrected chi connectivity index (χ3v) is 3.23. The van der Waals surface area contributed by atoms with Crippen LogP contribution in [0.3, 0.4) is 0 Å². The van der Waals surface area contributed by atoms with Gasteiger partial charge in [-0.05, 0) is 19.1 Å². The van der Waals surface area contributed by atoms with Crippen LogP contribution in [0.2, 0.25) is 0 Å². The van der Waals surface area contributed by atoms with Crippen LogP contribution in [-0.2, 0) is 6.54 Å². The number of aryl methyl sites for hydroxylation is 1. The van der Waals surface area contributed by atoms with Gasteiger partial charge in [0.1, 0.15) is 0 Å². The third-order valence-electron chi connectivity index (χ3n) is 3.23. The maximum Gasteiger partial charge on any atom is 0.422 e. The molecular formula is C15H13F3N6O2. The Bertz CT molecular complexity index is 949. The van der Waals surface area contributed by atoms with Crippen molar-refractivity contribution in [3.63, 3.8) is 0 Å². The number of nitrogens with one attached hydrogen (secondary N) is 1. The molecule has 0 aromatic carbocycles. The van der Waals surface area contributed by atoms with Crippen LogP contribution in [0.5, 0.6) is 6.01 Å². The number of rotatable bonds is 5. The molecular weight excluding hydrogens is 353 g/mol. The molecule has 0 saturated carbocycles. The Morgan fingerprint density at radius 1 is 1.23 bits per heavy atom. The quantitative estimate of drug-likeness (QED) is 0.738. The molecule has 136 valence electrons. The van der Waals surface area contributed by atoms with Gasteiger partial charge in [-0.15, -0.1) is 0 Å². The largest absolute Gasteiger partial charge is 0.454 e. The zero-order valence-electron chi connectivity index (χ0n) is 13.5. The van der Waals surface area contributed by atoms with E-state index >= 15 is 0 Å². The second-order valence-electron chi connectivity index (χ2n) is 5.41. The summed E-state index contributed by atoms with van der Waals surface area (Å²) in [5, 5.41) is 11.0. The van der Waals surface area contributed by atoms with Crippen molar-refractivity contribution in [3.8, 4) is 17.3 Å². The highest BCUT2D eigenvalue weighted by molar-refractivity contribution is 5.55. The maximum absolute atomic E-state index is 12.1. The van der Waals surface area contributed by atoms with E-state index in [0.29, 0.717) is 17.0 Å². The van der Waals surface area contributed by atoms with Crippen molar-refractivity contribution in [3.05, 3.63) is 52.3 Å². The fourth-order valence-corrected chi connectivity index (χ4v) is 2.09. The smallest absolute Gasteiger partial charge is 0.422 e. The number of ether oxygens (including phenoxy) is 1. The fraction of sp³-hybridized carbons (Fsp3) is 0.267. The minimum Gasteiger partial charge on any atom is -0.454 e. The molecule has 0 aliphatic rings. The van der Waals surface area contributed by atoms with Gasteiger partial charge < -0.3 is 4.74 Å². The molecule has 3 aromatic rings. The lowest BCUT2D eigenvalue weighted by Crippen LogP contribution is -2.23. The lowest BCUT2D eigenvalue weighted by atomic mass is 10.2. The van der Waals surface area contributed by atoms with Crippen LogP contribution in [0.25, 0.3) is 11.3 Å². The monoisotopic (exact) mass is 366 g/mol. The van der Waals surface area contributed by atoms with E-state index in [1.165, 1.54) is 29.2 Å². The maximum atomic E-state index is 12.1. The number of aromatic amines is 1. The van der Waals surface area contributed by atoms with Crippen molar-refractivity contribution in [1.29, 1.82) is 0 Å². The molecule has 0 atom stereocenters. The molecule has 26 heavy (non-hydrogen) atoms. The Morgan fingerprint density at radius 2 is 1.96 bits per heavy atom. The van der Waals surface area contributed by atoms with Crippen LogP contribution in [0.15, 0.2) is 35.4 Å². The summed E-state index contributed by atoms with van der Waals surface area (Å²) in [6.45, 7) is 0.534. The van der Waals surface area contributed by atoms with Crippen molar-refractivity contribution in [2.45, 2.75) is 19.6 Å². The number of alkyl halides is 3. The van der Waals surface area contributed by atoms with E-state index in [0.717, 1.165) is 5.69 Å². The normalized spacial score (nSPS) is 11.5. The van der Waals surface area contributed by atoms with Gasteiger partial charge in [-0.2, -0.15) is 23.4 Å². The summed E-state index contributed by atoms with van der Waals surface area (Å²) in [5.74, 6) is 0. The standard InChI is InChI=1S/C15H13F3N6O2/c1-9-4-11(22-21-9)7-24-13(25)3-2-12(23-24)10-5-19-14(20-6-10)26-8-15(16,17)18/h2-6H,7-8H2,1H3,(H,21,22). The molecule has 0 fully saturated rings. The van der Waals surface area contributed by atoms with Gasteiger partial charge in [0.25, 0.3) is 5.56 Å². The molecule has 0 aliphatic carbocycles. The highest BCUT2D eigenvalue weighted by Gasteiger charge is 2.28. The summed E-state index contributed by atoms with van der Waals surface area (Å²) in [5.41, 5.74) is 1.99. The molecule has 0 unspecified atom stereocenters. The highest BCUT2D eigenvalue weighted by Crippen LogP contribution is 2.18. The summed E-state index contributed by atoms with van der Waals surface area (Å²) in [6.07, 6.45) is -1.92. The Kier molecular flexibility index (Phi) is 4.69. The molecule has 0 amide bonds. The van der Waals surface area contributed by atoms with Crippen molar-refractivity contribution in [2.24, 2.45) is 0 Å². The first kappa shape index (κ1) is 17.6. The minimum atomic E-state index is -4.47. The van der Waals surface area contributed by atoms with Gasteiger partial charge in [-0.1, -0.05) is 0 Å². The van der Waals surface area contributed by atoms with Crippen molar-refractivity contribution in [2.75, 3.05) is 6.61 Å². The fourth-order valence-electron chi connectivity index (χ4n) is 2.09. The lowest BCUT2D eigenvalue weighted by Gasteiger charge is -2.08. The summed E-state index contributed by atoms with van der Waals surface area (Å²) >= 11 is 0. The van der Waals surface area contributed by atoms with E-state index < -0.39 is 18.8 Å². The summed E-state index contributed by atoms with van der Waals surface area (Å²) in [6, 6.07) is 4.20. The molecule has 3 rings (SSSR count). The average molecular weight is 366 g/mol. The number of hydrogen-bond donors (Lipinski definition) is 1. The van der Waals surface area contributed by atoms with Crippen LogP contribution in [0, 0.1) is 6.92 Å². The number of H-pyrrole nitrogens is 1. The molecule has 11 heteroatoms. The molecule has 3 aromatic heterocycles. The van der Waals surface area contributed by atoms with Gasteiger partial charge in [0.15, 0.2) is 6.61 Å². The topological polar surface area (TPSA) is 98.6 Å². The summed E-state index contributed by atoms with van der Waals surface area (Å²) < 4.78 is 42.0. The van der Waals surface area contributed by atoms with Gasteiger partial charge in [0, 0.05) is 29.7 Å². The van der Waals surface area contributed by atoms with Gasteiger partial charge in [-0.3, -0.25) is 9.89 Å². The zero-order valence-corrected chi connectivity index (χ0v) is 13.5. The van der Waals surface area contributed by atoms with Crippen LogP contribution >= 0.6 is 0 Å². The Labute approximate surface area is 144 Å². The number of nitrogens with zero attached hydrogens (tertiary/aromatic N) is 5. The Hall–Kier alpha value is -3.24. The van der Waals surface area contributed by atoms with E-state index in [1.807, 2.05) is 6.92 Å². The van der Waals surface area contributed by atoms with Gasteiger partial charge in [0.05, 0.1) is 17.9 Å². The SMILES string of the molecule is Cc1cc(Cn2nc(-c3cnc(OCC(F)(F)F)nc3)ccc2=O)n[nH]1. The van der Waals surface area contributed by atoms with Crippen molar-refractivity contribution >= 4 is 0 Å². The number of hydrogen-bond acceptors (Lipinski definition) is 6. The molecule has 0 bridgehead atoms. The van der Waals surface area contributed by atoms with Crippen molar-refractivity contribution in [1.82, 2.24) is 29.9 Å². The molecule has 0 aliphatic heterocycles. The molecule has 1 N–H and O–H groups in total. The van der Waals surface area contributed by atoms with Crippen LogP contribution in [-0.4, -0.2) is 42.7 Å². The predicted octanol–water partition coefficient (Wildman–Crippen LogP) is 1.72. The average Bonchev–Trinajstić information content (AvgIpc) is 3.00. The predicted molar refractivity (Wildman–Crippen MR) is 83.5 cm³/mol. The third kappa shape index (κ3) is 4.43. The van der Waals surface area contributed by atoms with Crippen LogP contribution < -0.4 is 10.3 Å². The van der Waals surface area contributed by atoms with E-state index in [4.69, 9.17) is 0 Å². The van der Waals surface area contributed by atoms with E-state index in [-0.39, 0.29) is 12.1 Å². The molecule has 0 spiro atoms. The highest BCUT2D eigenvalue weighted by atomic mass is 19.4. The molecule has 3 heterocycles. The second kappa shape index (κ2) is 6.94. The number of halogens is 3. The van der Waals surface area contributed by atoms with Gasteiger partial charge in [0.2, 0.25) is 0 Å². The minimum absolute atomic E-state index is 0.171. The van der Waals surface area contributed by atoms with Crippen LogP contribution in [0.4, 0.5) is 13.2 Å². The first-order chi connectivity index (χ1) is 12.3. The zero-order chi connectivity index (χ0) is 18.7.